The molecule has 1 aliphatic heterocycles. The average Bonchev–Trinajstić information content (AvgIpc) is 2.73. The Morgan fingerprint density at radius 1 is 1.56 bits per heavy atom. The van der Waals surface area contributed by atoms with Gasteiger partial charge in [0.25, 0.3) is 0 Å². The van der Waals surface area contributed by atoms with Gasteiger partial charge in [-0.15, -0.1) is 11.3 Å². The molecule has 0 aliphatic carbocycles. The fourth-order valence-corrected chi connectivity index (χ4v) is 3.71. The molecule has 90 valence electrons. The van der Waals surface area contributed by atoms with Crippen molar-refractivity contribution in [3.8, 4) is 0 Å². The SMILES string of the molecule is CCC1CNCCN1CCc1ccc(Br)s1. The van der Waals surface area contributed by atoms with E-state index in [2.05, 4.69) is 45.2 Å². The van der Waals surface area contributed by atoms with E-state index >= 15 is 0 Å². The lowest BCUT2D eigenvalue weighted by Crippen LogP contribution is -2.51. The van der Waals surface area contributed by atoms with Gasteiger partial charge in [0.15, 0.2) is 0 Å². The van der Waals surface area contributed by atoms with Gasteiger partial charge in [-0.3, -0.25) is 4.90 Å². The predicted octanol–water partition coefficient (Wildman–Crippen LogP) is 2.74. The van der Waals surface area contributed by atoms with Crippen LogP contribution in [0.3, 0.4) is 0 Å². The Morgan fingerprint density at radius 2 is 2.44 bits per heavy atom. The molecular weight excluding hydrogens is 284 g/mol. The Bertz CT molecular complexity index is 327. The summed E-state index contributed by atoms with van der Waals surface area (Å²) in [5.41, 5.74) is 0. The lowest BCUT2D eigenvalue weighted by atomic mass is 10.1. The molecule has 0 radical (unpaired) electrons. The molecule has 0 spiro atoms. The second kappa shape index (κ2) is 6.15. The van der Waals surface area contributed by atoms with Crippen LogP contribution in [-0.2, 0) is 6.42 Å². The Hall–Kier alpha value is 0.1000. The first-order valence-corrected chi connectivity index (χ1v) is 7.59. The van der Waals surface area contributed by atoms with Crippen LogP contribution < -0.4 is 5.32 Å². The highest BCUT2D eigenvalue weighted by atomic mass is 79.9. The van der Waals surface area contributed by atoms with E-state index in [0.717, 1.165) is 19.1 Å². The molecule has 4 heteroatoms. The number of hydrogen-bond acceptors (Lipinski definition) is 3. The van der Waals surface area contributed by atoms with Crippen LogP contribution in [-0.4, -0.2) is 37.1 Å². The van der Waals surface area contributed by atoms with E-state index in [-0.39, 0.29) is 0 Å². The van der Waals surface area contributed by atoms with Crippen LogP contribution in [0.2, 0.25) is 0 Å². The number of nitrogens with zero attached hydrogens (tertiary/aromatic N) is 1. The highest BCUT2D eigenvalue weighted by Gasteiger charge is 2.19. The van der Waals surface area contributed by atoms with Crippen molar-refractivity contribution >= 4 is 27.3 Å². The Balaban J connectivity index is 1.84. The largest absolute Gasteiger partial charge is 0.314 e. The van der Waals surface area contributed by atoms with Gasteiger partial charge in [-0.05, 0) is 40.9 Å². The summed E-state index contributed by atoms with van der Waals surface area (Å²) < 4.78 is 1.25. The average molecular weight is 303 g/mol. The molecular formula is C12H19BrN2S. The zero-order valence-electron chi connectivity index (χ0n) is 9.71. The molecule has 0 bridgehead atoms. The summed E-state index contributed by atoms with van der Waals surface area (Å²) in [7, 11) is 0. The van der Waals surface area contributed by atoms with Gasteiger partial charge in [-0.1, -0.05) is 6.92 Å². The minimum Gasteiger partial charge on any atom is -0.314 e. The molecule has 0 amide bonds. The number of halogens is 1. The van der Waals surface area contributed by atoms with E-state index in [1.54, 1.807) is 0 Å². The summed E-state index contributed by atoms with van der Waals surface area (Å²) >= 11 is 5.38. The van der Waals surface area contributed by atoms with Crippen LogP contribution in [0.15, 0.2) is 15.9 Å². The number of nitrogens with one attached hydrogen (secondary N) is 1. The van der Waals surface area contributed by atoms with Gasteiger partial charge in [0.2, 0.25) is 0 Å². The van der Waals surface area contributed by atoms with Crippen LogP contribution in [0.5, 0.6) is 0 Å². The van der Waals surface area contributed by atoms with Gasteiger partial charge in [0.1, 0.15) is 0 Å². The molecule has 0 saturated carbocycles. The summed E-state index contributed by atoms with van der Waals surface area (Å²) in [6.07, 6.45) is 2.44. The summed E-state index contributed by atoms with van der Waals surface area (Å²) in [5.74, 6) is 0. The quantitative estimate of drug-likeness (QED) is 0.920. The molecule has 2 nitrogen and oxygen atoms in total. The molecule has 1 unspecified atom stereocenters. The van der Waals surface area contributed by atoms with Gasteiger partial charge < -0.3 is 5.32 Å². The fraction of sp³-hybridized carbons (Fsp3) is 0.667. The maximum atomic E-state index is 3.52. The van der Waals surface area contributed by atoms with Crippen LogP contribution in [0.4, 0.5) is 0 Å². The van der Waals surface area contributed by atoms with Crippen molar-refractivity contribution in [3.63, 3.8) is 0 Å². The van der Waals surface area contributed by atoms with Gasteiger partial charge in [-0.25, -0.2) is 0 Å². The van der Waals surface area contributed by atoms with Crippen LogP contribution in [0.25, 0.3) is 0 Å². The zero-order valence-corrected chi connectivity index (χ0v) is 12.1. The number of piperazine rings is 1. The molecule has 1 saturated heterocycles. The van der Waals surface area contributed by atoms with Crippen molar-refractivity contribution in [1.29, 1.82) is 0 Å². The van der Waals surface area contributed by atoms with Gasteiger partial charge >= 0.3 is 0 Å². The van der Waals surface area contributed by atoms with Crippen LogP contribution in [0, 0.1) is 0 Å². The van der Waals surface area contributed by atoms with E-state index in [1.165, 1.54) is 34.6 Å². The van der Waals surface area contributed by atoms with E-state index in [9.17, 15) is 0 Å². The predicted molar refractivity (Wildman–Crippen MR) is 74.2 cm³/mol. The Morgan fingerprint density at radius 3 is 3.12 bits per heavy atom. The maximum absolute atomic E-state index is 3.52. The summed E-state index contributed by atoms with van der Waals surface area (Å²) in [4.78, 5) is 4.12. The molecule has 1 atom stereocenters. The van der Waals surface area contributed by atoms with Crippen molar-refractivity contribution in [3.05, 3.63) is 20.8 Å². The van der Waals surface area contributed by atoms with Gasteiger partial charge in [-0.2, -0.15) is 0 Å². The third kappa shape index (κ3) is 3.29. The van der Waals surface area contributed by atoms with Crippen molar-refractivity contribution < 1.29 is 0 Å². The first kappa shape index (κ1) is 12.6. The normalized spacial score (nSPS) is 22.5. The summed E-state index contributed by atoms with van der Waals surface area (Å²) in [5, 5.41) is 3.47. The lowest BCUT2D eigenvalue weighted by molar-refractivity contribution is 0.159. The first-order chi connectivity index (χ1) is 7.79. The molecule has 16 heavy (non-hydrogen) atoms. The molecule has 1 N–H and O–H groups in total. The van der Waals surface area contributed by atoms with Crippen molar-refractivity contribution in [2.24, 2.45) is 0 Å². The molecule has 0 aromatic carbocycles. The van der Waals surface area contributed by atoms with Crippen molar-refractivity contribution in [2.75, 3.05) is 26.2 Å². The number of thiophene rings is 1. The maximum Gasteiger partial charge on any atom is 0.0701 e. The highest BCUT2D eigenvalue weighted by molar-refractivity contribution is 9.11. The minimum absolute atomic E-state index is 0.733. The van der Waals surface area contributed by atoms with E-state index in [4.69, 9.17) is 0 Å². The Kier molecular flexibility index (Phi) is 4.82. The smallest absolute Gasteiger partial charge is 0.0701 e. The lowest BCUT2D eigenvalue weighted by Gasteiger charge is -2.35. The van der Waals surface area contributed by atoms with Crippen LogP contribution >= 0.6 is 27.3 Å². The molecule has 1 aliphatic rings. The summed E-state index contributed by atoms with van der Waals surface area (Å²) in [6, 6.07) is 5.12. The number of rotatable bonds is 4. The zero-order chi connectivity index (χ0) is 11.4. The van der Waals surface area contributed by atoms with Crippen LogP contribution in [0.1, 0.15) is 18.2 Å². The van der Waals surface area contributed by atoms with E-state index < -0.39 is 0 Å². The second-order valence-electron chi connectivity index (χ2n) is 4.26. The third-order valence-corrected chi connectivity index (χ3v) is 4.90. The van der Waals surface area contributed by atoms with Crippen molar-refractivity contribution in [2.45, 2.75) is 25.8 Å². The van der Waals surface area contributed by atoms with Crippen molar-refractivity contribution in [1.82, 2.24) is 10.2 Å². The molecule has 2 rings (SSSR count). The minimum atomic E-state index is 0.733. The monoisotopic (exact) mass is 302 g/mol. The topological polar surface area (TPSA) is 15.3 Å². The highest BCUT2D eigenvalue weighted by Crippen LogP contribution is 2.22. The Labute approximate surface area is 110 Å². The van der Waals surface area contributed by atoms with Gasteiger partial charge in [0, 0.05) is 37.1 Å². The van der Waals surface area contributed by atoms with Gasteiger partial charge in [0.05, 0.1) is 3.79 Å². The molecule has 1 aromatic heterocycles. The fourth-order valence-electron chi connectivity index (χ4n) is 2.24. The first-order valence-electron chi connectivity index (χ1n) is 5.98. The summed E-state index contributed by atoms with van der Waals surface area (Å²) in [6.45, 7) is 6.99. The second-order valence-corrected chi connectivity index (χ2v) is 6.81. The number of hydrogen-bond donors (Lipinski definition) is 1. The molecule has 1 fully saturated rings. The standard InChI is InChI=1S/C12H19BrN2S/c1-2-10-9-14-6-8-15(10)7-5-11-3-4-12(13)16-11/h3-4,10,14H,2,5-9H2,1H3. The van der Waals surface area contributed by atoms with E-state index in [0.29, 0.717) is 0 Å². The van der Waals surface area contributed by atoms with E-state index in [1.807, 2.05) is 11.3 Å². The molecule has 2 heterocycles. The molecule has 1 aromatic rings. The third-order valence-electron chi connectivity index (χ3n) is 3.22.